The van der Waals surface area contributed by atoms with Crippen molar-refractivity contribution in [2.24, 2.45) is 0 Å². The molecule has 0 saturated heterocycles. The molecular weight excluding hydrogens is 366 g/mol. The van der Waals surface area contributed by atoms with Crippen LogP contribution in [0.1, 0.15) is 51.0 Å². The molecule has 6 nitrogen and oxygen atoms in total. The Morgan fingerprint density at radius 1 is 1.00 bits per heavy atom. The van der Waals surface area contributed by atoms with Gasteiger partial charge in [0, 0.05) is 6.54 Å². The van der Waals surface area contributed by atoms with Gasteiger partial charge in [-0.2, -0.15) is 5.10 Å². The molecule has 0 atom stereocenters. The number of carboxylic acids is 1. The lowest BCUT2D eigenvalue weighted by Gasteiger charge is -2.09. The Hall–Kier alpha value is -3.41. The maximum atomic E-state index is 12.8. The molecule has 0 fully saturated rings. The van der Waals surface area contributed by atoms with Crippen molar-refractivity contribution in [3.05, 3.63) is 88.7 Å². The van der Waals surface area contributed by atoms with Gasteiger partial charge in [0.15, 0.2) is 0 Å². The van der Waals surface area contributed by atoms with Gasteiger partial charge in [-0.15, -0.1) is 0 Å². The molecule has 0 unspecified atom stereocenters. The van der Waals surface area contributed by atoms with E-state index < -0.39 is 5.97 Å². The fraction of sp³-hybridized carbons (Fsp3) is 0.261. The van der Waals surface area contributed by atoms with Crippen LogP contribution in [-0.4, -0.2) is 33.3 Å². The average molecular weight is 391 g/mol. The normalized spacial score (nSPS) is 10.7. The van der Waals surface area contributed by atoms with Crippen LogP contribution in [-0.2, 0) is 19.4 Å². The third-order valence-electron chi connectivity index (χ3n) is 4.64. The van der Waals surface area contributed by atoms with Gasteiger partial charge in [0.1, 0.15) is 5.69 Å². The number of amides is 1. The minimum atomic E-state index is -0.959. The Morgan fingerprint density at radius 2 is 1.72 bits per heavy atom. The van der Waals surface area contributed by atoms with E-state index in [0.717, 1.165) is 30.5 Å². The van der Waals surface area contributed by atoms with Crippen molar-refractivity contribution < 1.29 is 14.7 Å². The molecule has 3 rings (SSSR count). The summed E-state index contributed by atoms with van der Waals surface area (Å²) in [6.45, 7) is 3.03. The van der Waals surface area contributed by atoms with Crippen molar-refractivity contribution in [2.75, 3.05) is 6.54 Å². The molecule has 0 saturated carbocycles. The lowest BCUT2D eigenvalue weighted by Crippen LogP contribution is -2.28. The fourth-order valence-electron chi connectivity index (χ4n) is 3.13. The van der Waals surface area contributed by atoms with Gasteiger partial charge in [-0.1, -0.05) is 55.8 Å². The van der Waals surface area contributed by atoms with Crippen LogP contribution in [0.5, 0.6) is 0 Å². The molecule has 0 radical (unpaired) electrons. The molecule has 1 heterocycles. The number of nitrogens with zero attached hydrogens (tertiary/aromatic N) is 2. The Kier molecular flexibility index (Phi) is 6.79. The smallest absolute Gasteiger partial charge is 0.335 e. The summed E-state index contributed by atoms with van der Waals surface area (Å²) in [5, 5.41) is 16.6. The topological polar surface area (TPSA) is 84.2 Å². The number of carbonyl (C=O) groups excluding carboxylic acids is 1. The number of rotatable bonds is 9. The molecule has 1 amide bonds. The molecule has 29 heavy (non-hydrogen) atoms. The summed E-state index contributed by atoms with van der Waals surface area (Å²) < 4.78 is 1.69. The van der Waals surface area contributed by atoms with Gasteiger partial charge in [-0.3, -0.25) is 9.48 Å². The first-order valence-electron chi connectivity index (χ1n) is 9.78. The van der Waals surface area contributed by atoms with Gasteiger partial charge in [0.05, 0.1) is 17.8 Å². The van der Waals surface area contributed by atoms with Crippen molar-refractivity contribution in [1.82, 2.24) is 15.1 Å². The number of carboxylic acid groups (broad SMARTS) is 1. The highest BCUT2D eigenvalue weighted by Gasteiger charge is 2.15. The monoisotopic (exact) mass is 391 g/mol. The predicted molar refractivity (Wildman–Crippen MR) is 111 cm³/mol. The summed E-state index contributed by atoms with van der Waals surface area (Å²) in [4.78, 5) is 23.8. The standard InChI is InChI=1S/C23H25N3O3/c1-2-6-20-15-21(22(27)24-14-13-17-7-4-3-5-8-17)26(25-20)16-18-9-11-19(12-10-18)23(28)29/h3-5,7-12,15H,2,6,13-14,16H2,1H3,(H,24,27)(H,28,29). The molecule has 0 spiro atoms. The highest BCUT2D eigenvalue weighted by Crippen LogP contribution is 2.12. The second kappa shape index (κ2) is 9.68. The molecule has 0 bridgehead atoms. The minimum Gasteiger partial charge on any atom is -0.478 e. The summed E-state index contributed by atoms with van der Waals surface area (Å²) >= 11 is 0. The highest BCUT2D eigenvalue weighted by molar-refractivity contribution is 5.92. The molecule has 2 aromatic carbocycles. The first-order valence-corrected chi connectivity index (χ1v) is 9.78. The van der Waals surface area contributed by atoms with Gasteiger partial charge in [-0.05, 0) is 42.2 Å². The van der Waals surface area contributed by atoms with Crippen molar-refractivity contribution in [3.63, 3.8) is 0 Å². The number of hydrogen-bond donors (Lipinski definition) is 2. The van der Waals surface area contributed by atoms with E-state index in [-0.39, 0.29) is 11.5 Å². The van der Waals surface area contributed by atoms with E-state index in [1.807, 2.05) is 36.4 Å². The zero-order valence-corrected chi connectivity index (χ0v) is 16.5. The van der Waals surface area contributed by atoms with E-state index in [4.69, 9.17) is 5.11 Å². The summed E-state index contributed by atoms with van der Waals surface area (Å²) in [7, 11) is 0. The second-order valence-electron chi connectivity index (χ2n) is 6.92. The highest BCUT2D eigenvalue weighted by atomic mass is 16.4. The maximum Gasteiger partial charge on any atom is 0.335 e. The number of aromatic carboxylic acids is 1. The summed E-state index contributed by atoms with van der Waals surface area (Å²) in [5.41, 5.74) is 3.69. The lowest BCUT2D eigenvalue weighted by atomic mass is 10.1. The van der Waals surface area contributed by atoms with Crippen molar-refractivity contribution >= 4 is 11.9 Å². The van der Waals surface area contributed by atoms with Gasteiger partial charge in [0.25, 0.3) is 5.91 Å². The van der Waals surface area contributed by atoms with Crippen LogP contribution in [0.4, 0.5) is 0 Å². The maximum absolute atomic E-state index is 12.8. The SMILES string of the molecule is CCCc1cc(C(=O)NCCc2ccccc2)n(Cc2ccc(C(=O)O)cc2)n1. The predicted octanol–water partition coefficient (Wildman–Crippen LogP) is 3.55. The molecule has 1 aromatic heterocycles. The molecule has 0 aliphatic carbocycles. The first kappa shape index (κ1) is 20.3. The lowest BCUT2D eigenvalue weighted by molar-refractivity contribution is 0.0696. The Labute approximate surface area is 170 Å². The Morgan fingerprint density at radius 3 is 2.38 bits per heavy atom. The molecule has 6 heteroatoms. The Balaban J connectivity index is 1.71. The molecule has 2 N–H and O–H groups in total. The summed E-state index contributed by atoms with van der Waals surface area (Å²) in [5.74, 6) is -1.11. The van der Waals surface area contributed by atoms with E-state index in [2.05, 4.69) is 17.3 Å². The van der Waals surface area contributed by atoms with Gasteiger partial charge >= 0.3 is 5.97 Å². The van der Waals surface area contributed by atoms with Crippen molar-refractivity contribution in [3.8, 4) is 0 Å². The summed E-state index contributed by atoms with van der Waals surface area (Å²) in [6, 6.07) is 18.5. The molecule has 150 valence electrons. The van der Waals surface area contributed by atoms with E-state index in [1.165, 1.54) is 5.56 Å². The van der Waals surface area contributed by atoms with Crippen LogP contribution in [0.15, 0.2) is 60.7 Å². The zero-order chi connectivity index (χ0) is 20.6. The third kappa shape index (κ3) is 5.54. The first-order chi connectivity index (χ1) is 14.1. The number of aryl methyl sites for hydroxylation is 1. The van der Waals surface area contributed by atoms with Crippen LogP contribution in [0, 0.1) is 0 Å². The number of nitrogens with one attached hydrogen (secondary N) is 1. The summed E-state index contributed by atoms with van der Waals surface area (Å²) in [6.07, 6.45) is 2.51. The largest absolute Gasteiger partial charge is 0.478 e. The minimum absolute atomic E-state index is 0.155. The molecule has 0 aliphatic heterocycles. The van der Waals surface area contributed by atoms with Gasteiger partial charge in [-0.25, -0.2) is 4.79 Å². The Bertz CT molecular complexity index is 963. The van der Waals surface area contributed by atoms with E-state index >= 15 is 0 Å². The molecule has 3 aromatic rings. The van der Waals surface area contributed by atoms with E-state index in [0.29, 0.717) is 18.8 Å². The second-order valence-corrected chi connectivity index (χ2v) is 6.92. The van der Waals surface area contributed by atoms with Crippen molar-refractivity contribution in [2.45, 2.75) is 32.7 Å². The number of benzene rings is 2. The van der Waals surface area contributed by atoms with Crippen LogP contribution in [0.2, 0.25) is 0 Å². The number of aromatic nitrogens is 2. The zero-order valence-electron chi connectivity index (χ0n) is 16.5. The van der Waals surface area contributed by atoms with E-state index in [9.17, 15) is 9.59 Å². The van der Waals surface area contributed by atoms with Crippen molar-refractivity contribution in [1.29, 1.82) is 0 Å². The quantitative estimate of drug-likeness (QED) is 0.584. The van der Waals surface area contributed by atoms with Crippen LogP contribution in [0.3, 0.4) is 0 Å². The molecule has 0 aliphatic rings. The van der Waals surface area contributed by atoms with Gasteiger partial charge < -0.3 is 10.4 Å². The van der Waals surface area contributed by atoms with Crippen LogP contribution < -0.4 is 5.32 Å². The number of hydrogen-bond acceptors (Lipinski definition) is 3. The number of carbonyl (C=O) groups is 2. The molecular formula is C23H25N3O3. The van der Waals surface area contributed by atoms with Crippen LogP contribution >= 0.6 is 0 Å². The fourth-order valence-corrected chi connectivity index (χ4v) is 3.13. The van der Waals surface area contributed by atoms with E-state index in [1.54, 1.807) is 28.9 Å². The average Bonchev–Trinajstić information content (AvgIpc) is 3.12. The van der Waals surface area contributed by atoms with Crippen LogP contribution in [0.25, 0.3) is 0 Å². The third-order valence-corrected chi connectivity index (χ3v) is 4.64. The van der Waals surface area contributed by atoms with Gasteiger partial charge in [0.2, 0.25) is 0 Å².